The van der Waals surface area contributed by atoms with Gasteiger partial charge in [0, 0.05) is 17.3 Å². The molecule has 1 atom stereocenters. The van der Waals surface area contributed by atoms with Gasteiger partial charge < -0.3 is 10.4 Å². The maximum atomic E-state index is 9.90. The second kappa shape index (κ2) is 6.57. The Morgan fingerprint density at radius 1 is 1.35 bits per heavy atom. The zero-order chi connectivity index (χ0) is 14.5. The van der Waals surface area contributed by atoms with E-state index in [1.807, 2.05) is 32.2 Å². The summed E-state index contributed by atoms with van der Waals surface area (Å²) in [6, 6.07) is 5.87. The van der Waals surface area contributed by atoms with E-state index in [1.165, 1.54) is 11.1 Å². The van der Waals surface area contributed by atoms with Crippen LogP contribution in [0.5, 0.6) is 5.75 Å². The van der Waals surface area contributed by atoms with Crippen LogP contribution < -0.4 is 5.32 Å². The van der Waals surface area contributed by atoms with E-state index >= 15 is 0 Å². The fourth-order valence-corrected chi connectivity index (χ4v) is 2.36. The molecule has 2 rings (SSSR count). The number of rotatable bonds is 6. The van der Waals surface area contributed by atoms with Gasteiger partial charge in [-0.25, -0.2) is 0 Å². The average Bonchev–Trinajstić information content (AvgIpc) is 2.83. The predicted octanol–water partition coefficient (Wildman–Crippen LogP) is 3.02. The smallest absolute Gasteiger partial charge is 0.120 e. The van der Waals surface area contributed by atoms with Crippen LogP contribution in [0.2, 0.25) is 0 Å². The third-order valence-electron chi connectivity index (χ3n) is 3.66. The number of aromatic hydroxyl groups is 1. The molecule has 3 N–H and O–H groups in total. The van der Waals surface area contributed by atoms with Crippen molar-refractivity contribution in [2.24, 2.45) is 0 Å². The minimum Gasteiger partial charge on any atom is -0.508 e. The summed E-state index contributed by atoms with van der Waals surface area (Å²) in [6.45, 7) is 7.08. The Kier molecular flexibility index (Phi) is 4.79. The second-order valence-electron chi connectivity index (χ2n) is 5.36. The molecule has 0 saturated carbocycles. The number of aromatic nitrogens is 2. The van der Waals surface area contributed by atoms with Crippen LogP contribution in [0.15, 0.2) is 24.4 Å². The summed E-state index contributed by atoms with van der Waals surface area (Å²) in [5, 5.41) is 20.3. The summed E-state index contributed by atoms with van der Waals surface area (Å²) in [5.41, 5.74) is 4.55. The molecule has 0 spiro atoms. The number of aromatic amines is 1. The van der Waals surface area contributed by atoms with Gasteiger partial charge in [0.15, 0.2) is 0 Å². The molecule has 0 aliphatic rings. The van der Waals surface area contributed by atoms with E-state index < -0.39 is 0 Å². The highest BCUT2D eigenvalue weighted by Gasteiger charge is 2.09. The van der Waals surface area contributed by atoms with E-state index in [2.05, 4.69) is 22.4 Å². The van der Waals surface area contributed by atoms with Gasteiger partial charge in [0.2, 0.25) is 0 Å². The molecule has 108 valence electrons. The molecule has 2 aromatic rings. The predicted molar refractivity (Wildman–Crippen MR) is 80.9 cm³/mol. The summed E-state index contributed by atoms with van der Waals surface area (Å²) in [7, 11) is 0. The first-order valence-corrected chi connectivity index (χ1v) is 7.09. The maximum Gasteiger partial charge on any atom is 0.120 e. The normalized spacial score (nSPS) is 12.6. The first-order valence-electron chi connectivity index (χ1n) is 7.09. The van der Waals surface area contributed by atoms with Crippen LogP contribution in [0, 0.1) is 13.8 Å². The summed E-state index contributed by atoms with van der Waals surface area (Å²) in [5.74, 6) is 0.362. The van der Waals surface area contributed by atoms with E-state index in [0.717, 1.165) is 30.6 Å². The molecule has 20 heavy (non-hydrogen) atoms. The first kappa shape index (κ1) is 14.6. The quantitative estimate of drug-likeness (QED) is 0.709. The van der Waals surface area contributed by atoms with Crippen molar-refractivity contribution in [1.29, 1.82) is 0 Å². The molecular formula is C16H23N3O. The van der Waals surface area contributed by atoms with Crippen molar-refractivity contribution in [1.82, 2.24) is 15.5 Å². The van der Waals surface area contributed by atoms with Gasteiger partial charge in [-0.2, -0.15) is 5.10 Å². The number of phenols is 1. The molecule has 1 aromatic heterocycles. The van der Waals surface area contributed by atoms with Gasteiger partial charge in [-0.1, -0.05) is 17.7 Å². The summed E-state index contributed by atoms with van der Waals surface area (Å²) < 4.78 is 0. The molecule has 0 amide bonds. The lowest BCUT2D eigenvalue weighted by atomic mass is 10.0. The van der Waals surface area contributed by atoms with Crippen molar-refractivity contribution in [2.75, 3.05) is 6.54 Å². The van der Waals surface area contributed by atoms with E-state index in [4.69, 9.17) is 0 Å². The van der Waals surface area contributed by atoms with E-state index in [9.17, 15) is 5.11 Å². The Hall–Kier alpha value is -1.81. The summed E-state index contributed by atoms with van der Waals surface area (Å²) >= 11 is 0. The zero-order valence-electron chi connectivity index (χ0n) is 12.4. The maximum absolute atomic E-state index is 9.90. The Balaban J connectivity index is 1.82. The molecule has 1 unspecified atom stereocenters. The Morgan fingerprint density at radius 3 is 2.85 bits per heavy atom. The minimum absolute atomic E-state index is 0.153. The summed E-state index contributed by atoms with van der Waals surface area (Å²) in [6.07, 6.45) is 3.96. The van der Waals surface area contributed by atoms with Gasteiger partial charge in [0.1, 0.15) is 5.75 Å². The van der Waals surface area contributed by atoms with Crippen molar-refractivity contribution in [2.45, 2.75) is 39.7 Å². The molecule has 1 aromatic carbocycles. The van der Waals surface area contributed by atoms with Gasteiger partial charge in [-0.15, -0.1) is 0 Å². The monoisotopic (exact) mass is 273 g/mol. The second-order valence-corrected chi connectivity index (χ2v) is 5.36. The highest BCUT2D eigenvalue weighted by Crippen LogP contribution is 2.24. The molecule has 4 nitrogen and oxygen atoms in total. The SMILES string of the molecule is Cc1ccc(O)c(C(C)NCCCc2cn[nH]c2C)c1. The Bertz CT molecular complexity index is 563. The Morgan fingerprint density at radius 2 is 2.15 bits per heavy atom. The Labute approximate surface area is 120 Å². The van der Waals surface area contributed by atoms with Crippen molar-refractivity contribution in [3.63, 3.8) is 0 Å². The van der Waals surface area contributed by atoms with Crippen LogP contribution in [0.3, 0.4) is 0 Å². The number of hydrogen-bond donors (Lipinski definition) is 3. The molecule has 0 radical (unpaired) electrons. The van der Waals surface area contributed by atoms with Gasteiger partial charge in [-0.3, -0.25) is 5.10 Å². The molecule has 0 fully saturated rings. The van der Waals surface area contributed by atoms with Crippen LogP contribution in [0.25, 0.3) is 0 Å². The lowest BCUT2D eigenvalue weighted by Gasteiger charge is -2.16. The molecule has 0 bridgehead atoms. The van der Waals surface area contributed by atoms with Gasteiger partial charge in [0.25, 0.3) is 0 Å². The average molecular weight is 273 g/mol. The van der Waals surface area contributed by atoms with E-state index in [-0.39, 0.29) is 6.04 Å². The van der Waals surface area contributed by atoms with Crippen LogP contribution in [0.4, 0.5) is 0 Å². The fraction of sp³-hybridized carbons (Fsp3) is 0.438. The molecule has 0 aliphatic carbocycles. The fourth-order valence-electron chi connectivity index (χ4n) is 2.36. The molecule has 0 aliphatic heterocycles. The summed E-state index contributed by atoms with van der Waals surface area (Å²) in [4.78, 5) is 0. The van der Waals surface area contributed by atoms with Crippen LogP contribution >= 0.6 is 0 Å². The number of nitrogens with zero attached hydrogens (tertiary/aromatic N) is 1. The minimum atomic E-state index is 0.153. The van der Waals surface area contributed by atoms with Crippen molar-refractivity contribution in [3.05, 3.63) is 46.8 Å². The van der Waals surface area contributed by atoms with Crippen molar-refractivity contribution >= 4 is 0 Å². The number of benzene rings is 1. The van der Waals surface area contributed by atoms with Crippen LogP contribution in [-0.2, 0) is 6.42 Å². The number of hydrogen-bond acceptors (Lipinski definition) is 3. The third-order valence-corrected chi connectivity index (χ3v) is 3.66. The van der Waals surface area contributed by atoms with Crippen molar-refractivity contribution in [3.8, 4) is 5.75 Å². The zero-order valence-corrected chi connectivity index (χ0v) is 12.4. The van der Waals surface area contributed by atoms with Crippen molar-refractivity contribution < 1.29 is 5.11 Å². The first-order chi connectivity index (χ1) is 9.58. The number of H-pyrrole nitrogens is 1. The van der Waals surface area contributed by atoms with Gasteiger partial charge in [-0.05, 0) is 51.8 Å². The number of phenolic OH excluding ortho intramolecular Hbond substituents is 1. The molecular weight excluding hydrogens is 250 g/mol. The molecule has 0 saturated heterocycles. The topological polar surface area (TPSA) is 60.9 Å². The number of aryl methyl sites for hydroxylation is 3. The van der Waals surface area contributed by atoms with Gasteiger partial charge >= 0.3 is 0 Å². The lowest BCUT2D eigenvalue weighted by molar-refractivity contribution is 0.451. The van der Waals surface area contributed by atoms with E-state index in [0.29, 0.717) is 5.75 Å². The largest absolute Gasteiger partial charge is 0.508 e. The van der Waals surface area contributed by atoms with E-state index in [1.54, 1.807) is 6.07 Å². The molecule has 1 heterocycles. The number of nitrogens with one attached hydrogen (secondary N) is 2. The molecule has 4 heteroatoms. The highest BCUT2D eigenvalue weighted by atomic mass is 16.3. The highest BCUT2D eigenvalue weighted by molar-refractivity contribution is 5.37. The van der Waals surface area contributed by atoms with Crippen LogP contribution in [-0.4, -0.2) is 21.8 Å². The van der Waals surface area contributed by atoms with Crippen LogP contribution in [0.1, 0.15) is 41.8 Å². The van der Waals surface area contributed by atoms with Gasteiger partial charge in [0.05, 0.1) is 6.20 Å². The lowest BCUT2D eigenvalue weighted by Crippen LogP contribution is -2.20. The standard InChI is InChI=1S/C16H23N3O/c1-11-6-7-16(20)15(9-11)13(3)17-8-4-5-14-10-18-19-12(14)2/h6-7,9-10,13,17,20H,4-5,8H2,1-3H3,(H,18,19). The third kappa shape index (κ3) is 3.61.